The van der Waals surface area contributed by atoms with E-state index >= 15 is 0 Å². The van der Waals surface area contributed by atoms with Gasteiger partial charge >= 0.3 is 6.18 Å². The molecule has 5 rings (SSSR count). The molecule has 0 aliphatic carbocycles. The summed E-state index contributed by atoms with van der Waals surface area (Å²) in [4.78, 5) is 1.59. The molecule has 2 aromatic carbocycles. The summed E-state index contributed by atoms with van der Waals surface area (Å²) in [6, 6.07) is 17.0. The van der Waals surface area contributed by atoms with Gasteiger partial charge in [-0.3, -0.25) is 0 Å². The highest BCUT2D eigenvalue weighted by molar-refractivity contribution is 7.95. The van der Waals surface area contributed by atoms with Gasteiger partial charge in [0, 0.05) is 31.3 Å². The average Bonchev–Trinajstić information content (AvgIpc) is 3.11. The first-order chi connectivity index (χ1) is 16.7. The van der Waals surface area contributed by atoms with Gasteiger partial charge in [0.25, 0.3) is 0 Å². The fourth-order valence-electron chi connectivity index (χ4n) is 4.06. The fraction of sp³-hybridized carbons (Fsp3) is 0.261. The van der Waals surface area contributed by atoms with E-state index in [2.05, 4.69) is 15.3 Å². The predicted molar refractivity (Wildman–Crippen MR) is 123 cm³/mol. The van der Waals surface area contributed by atoms with Gasteiger partial charge in [0.05, 0.1) is 12.1 Å². The lowest BCUT2D eigenvalue weighted by Crippen LogP contribution is -2.39. The van der Waals surface area contributed by atoms with Gasteiger partial charge < -0.3 is 9.45 Å². The molecule has 4 aromatic rings. The highest BCUT2D eigenvalue weighted by Crippen LogP contribution is 2.32. The third-order valence-corrected chi connectivity index (χ3v) is 7.75. The van der Waals surface area contributed by atoms with Crippen molar-refractivity contribution in [1.82, 2.24) is 24.1 Å². The summed E-state index contributed by atoms with van der Waals surface area (Å²) in [5, 5.41) is 13.1. The number of hydrogen-bond acceptors (Lipinski definition) is 6. The second-order valence-corrected chi connectivity index (χ2v) is 10.1. The molecule has 0 saturated carbocycles. The van der Waals surface area contributed by atoms with E-state index in [9.17, 15) is 21.9 Å². The number of halogens is 3. The maximum absolute atomic E-state index is 13.1. The molecule has 0 radical (unpaired) electrons. The lowest BCUT2D eigenvalue weighted by Gasteiger charge is -2.26. The van der Waals surface area contributed by atoms with Gasteiger partial charge in [-0.1, -0.05) is 40.6 Å². The molecule has 1 atom stereocenters. The topological polar surface area (TPSA) is 89.7 Å². The lowest BCUT2D eigenvalue weighted by molar-refractivity contribution is -0.137. The molecule has 0 bridgehead atoms. The molecule has 8 nitrogen and oxygen atoms in total. The second kappa shape index (κ2) is 9.02. The van der Waals surface area contributed by atoms with Crippen LogP contribution in [-0.4, -0.2) is 54.8 Å². The van der Waals surface area contributed by atoms with Crippen molar-refractivity contribution >= 4 is 21.9 Å². The summed E-state index contributed by atoms with van der Waals surface area (Å²) < 4.78 is 68.4. The van der Waals surface area contributed by atoms with Gasteiger partial charge in [-0.2, -0.15) is 17.7 Å². The van der Waals surface area contributed by atoms with Crippen molar-refractivity contribution in [2.45, 2.75) is 17.5 Å². The van der Waals surface area contributed by atoms with Crippen LogP contribution in [0, 0.1) is 0 Å². The number of alkyl halides is 3. The average molecular weight is 503 g/mol. The summed E-state index contributed by atoms with van der Waals surface area (Å²) in [6.07, 6.45) is -4.13. The monoisotopic (exact) mass is 502 g/mol. The normalized spacial score (nSPS) is 17.3. The zero-order valence-corrected chi connectivity index (χ0v) is 19.2. The first-order valence-electron chi connectivity index (χ1n) is 10.9. The van der Waals surface area contributed by atoms with E-state index in [4.69, 9.17) is 0 Å². The van der Waals surface area contributed by atoms with Crippen LogP contribution in [0.25, 0.3) is 17.0 Å². The van der Waals surface area contributed by atoms with Gasteiger partial charge in [-0.15, -0.1) is 19.6 Å². The molecule has 35 heavy (non-hydrogen) atoms. The van der Waals surface area contributed by atoms with Crippen LogP contribution in [0.3, 0.4) is 0 Å². The Balaban J connectivity index is 1.38. The summed E-state index contributed by atoms with van der Waals surface area (Å²) in [7, 11) is -4.08. The van der Waals surface area contributed by atoms with E-state index in [0.717, 1.165) is 17.7 Å². The number of aromatic nitrogens is 4. The molecule has 1 saturated heterocycles. The first kappa shape index (κ1) is 23.4. The van der Waals surface area contributed by atoms with E-state index in [0.29, 0.717) is 42.9 Å². The summed E-state index contributed by atoms with van der Waals surface area (Å²) >= 11 is 0. The minimum absolute atomic E-state index is 0.117. The smallest absolute Gasteiger partial charge is 0.416 e. The lowest BCUT2D eigenvalue weighted by atomic mass is 10.2. The molecular formula is C23H21F3N6O2S. The molecule has 0 spiro atoms. The van der Waals surface area contributed by atoms with Gasteiger partial charge in [-0.25, -0.2) is 0 Å². The molecule has 0 N–H and O–H groups in total. The fourth-order valence-corrected chi connectivity index (χ4v) is 5.58. The molecule has 2 aromatic heterocycles. The van der Waals surface area contributed by atoms with Crippen LogP contribution in [0.15, 0.2) is 71.6 Å². The Labute approximate surface area is 200 Å². The highest BCUT2D eigenvalue weighted by atomic mass is 32.3. The number of rotatable bonds is 4. The Bertz CT molecular complexity index is 1400. The van der Waals surface area contributed by atoms with Crippen molar-refractivity contribution in [1.29, 1.82) is 0 Å². The molecule has 1 fully saturated rings. The Morgan fingerprint density at radius 2 is 1.69 bits per heavy atom. The first-order valence-corrected chi connectivity index (χ1v) is 12.4. The van der Waals surface area contributed by atoms with Crippen molar-refractivity contribution < 1.29 is 21.9 Å². The van der Waals surface area contributed by atoms with Gasteiger partial charge in [0.15, 0.2) is 26.8 Å². The molecule has 3 heterocycles. The van der Waals surface area contributed by atoms with E-state index in [1.54, 1.807) is 16.6 Å². The van der Waals surface area contributed by atoms with Crippen LogP contribution < -0.4 is 4.90 Å². The van der Waals surface area contributed by atoms with Crippen LogP contribution in [0.5, 0.6) is 0 Å². The molecule has 1 unspecified atom stereocenters. The van der Waals surface area contributed by atoms with Crippen LogP contribution in [-0.2, 0) is 20.8 Å². The van der Waals surface area contributed by atoms with E-state index in [-0.39, 0.29) is 18.0 Å². The number of fused-ring (bicyclic) bond motifs is 1. The van der Waals surface area contributed by atoms with E-state index in [1.807, 2.05) is 35.2 Å². The standard InChI is InChI=1S/C23H21F3N6O2S/c24-23(25,26)18-8-4-9-19(16-18)35(33,34)31-13-5-12-30(14-15-31)21-11-10-20-27-28-22(32(20)29-21)17-6-2-1-3-7-17/h1-4,6-11,16H,5,12-15H2. The number of sulfonamides is 1. The Morgan fingerprint density at radius 1 is 0.886 bits per heavy atom. The minimum atomic E-state index is -4.62. The third kappa shape index (κ3) is 4.64. The number of benzene rings is 2. The SMILES string of the molecule is O=[S+]([O-])(c1cccc(C(F)(F)F)c1)N1CCCN(c2ccc3nnc(-c4ccccc4)n3n2)CC1. The van der Waals surface area contributed by atoms with Gasteiger partial charge in [-0.05, 0) is 30.7 Å². The van der Waals surface area contributed by atoms with Crippen LogP contribution in [0.2, 0.25) is 0 Å². The predicted octanol–water partition coefficient (Wildman–Crippen LogP) is 3.93. The highest BCUT2D eigenvalue weighted by Gasteiger charge is 2.36. The number of hydrogen-bond donors (Lipinski definition) is 0. The molecule has 1 aliphatic rings. The minimum Gasteiger partial charge on any atom is -0.593 e. The number of anilines is 1. The summed E-state index contributed by atoms with van der Waals surface area (Å²) in [5.74, 6) is 1.22. The van der Waals surface area contributed by atoms with Crippen LogP contribution >= 0.6 is 0 Å². The summed E-state index contributed by atoms with van der Waals surface area (Å²) in [6.45, 7) is 1.18. The van der Waals surface area contributed by atoms with Crippen molar-refractivity contribution in [3.05, 3.63) is 72.3 Å². The molecule has 0 amide bonds. The largest absolute Gasteiger partial charge is 0.593 e. The van der Waals surface area contributed by atoms with Gasteiger partial charge in [0.1, 0.15) is 5.82 Å². The second-order valence-electron chi connectivity index (χ2n) is 8.12. The van der Waals surface area contributed by atoms with Crippen LogP contribution in [0.4, 0.5) is 19.0 Å². The Kier molecular flexibility index (Phi) is 6.03. The zero-order chi connectivity index (χ0) is 24.6. The van der Waals surface area contributed by atoms with E-state index < -0.39 is 22.1 Å². The maximum Gasteiger partial charge on any atom is 0.416 e. The quantitative estimate of drug-likeness (QED) is 0.393. The Hall–Kier alpha value is -3.35. The van der Waals surface area contributed by atoms with Gasteiger partial charge in [0.2, 0.25) is 0 Å². The van der Waals surface area contributed by atoms with Crippen molar-refractivity contribution in [2.75, 3.05) is 31.1 Å². The van der Waals surface area contributed by atoms with E-state index in [1.165, 1.54) is 10.4 Å². The van der Waals surface area contributed by atoms with Crippen molar-refractivity contribution in [3.63, 3.8) is 0 Å². The Morgan fingerprint density at radius 3 is 2.46 bits per heavy atom. The van der Waals surface area contributed by atoms with Crippen LogP contribution in [0.1, 0.15) is 12.0 Å². The molecular weight excluding hydrogens is 481 g/mol. The molecule has 12 heteroatoms. The third-order valence-electron chi connectivity index (χ3n) is 5.86. The molecule has 1 aliphatic heterocycles. The zero-order valence-electron chi connectivity index (χ0n) is 18.4. The van der Waals surface area contributed by atoms with Crippen molar-refractivity contribution in [3.8, 4) is 11.4 Å². The summed E-state index contributed by atoms with van der Waals surface area (Å²) in [5.41, 5.74) is 0.450. The van der Waals surface area contributed by atoms with Crippen molar-refractivity contribution in [2.24, 2.45) is 0 Å². The molecule has 182 valence electrons. The maximum atomic E-state index is 13.1. The number of nitrogens with zero attached hydrogens (tertiary/aromatic N) is 6.